The Balaban J connectivity index is 1.72. The average molecular weight is 405 g/mol. The van der Waals surface area contributed by atoms with E-state index in [4.69, 9.17) is 14.2 Å². The molecule has 30 heavy (non-hydrogen) atoms. The highest BCUT2D eigenvalue weighted by atomic mass is 16.5. The Bertz CT molecular complexity index is 932. The Labute approximate surface area is 177 Å². The number of hydrogen-bond acceptors (Lipinski definition) is 4. The average Bonchev–Trinajstić information content (AvgIpc) is 2.81. The molecule has 3 aromatic carbocycles. The van der Waals surface area contributed by atoms with Gasteiger partial charge in [-0.2, -0.15) is 0 Å². The SMILES string of the molecule is COc1cc(C(=O)NC[C@H](C)c2ccccc2)cc(OC)c1OCc1ccccc1. The largest absolute Gasteiger partial charge is 0.493 e. The molecule has 0 bridgehead atoms. The van der Waals surface area contributed by atoms with Crippen molar-refractivity contribution in [1.29, 1.82) is 0 Å². The first-order valence-electron chi connectivity index (χ1n) is 9.88. The number of carbonyl (C=O) groups is 1. The summed E-state index contributed by atoms with van der Waals surface area (Å²) in [5, 5.41) is 2.99. The first-order valence-corrected chi connectivity index (χ1v) is 9.88. The van der Waals surface area contributed by atoms with E-state index >= 15 is 0 Å². The summed E-state index contributed by atoms with van der Waals surface area (Å²) in [4.78, 5) is 12.7. The molecule has 1 atom stereocenters. The Hall–Kier alpha value is -3.47. The van der Waals surface area contributed by atoms with Gasteiger partial charge in [-0.15, -0.1) is 0 Å². The van der Waals surface area contributed by atoms with Gasteiger partial charge in [0.05, 0.1) is 14.2 Å². The first kappa shape index (κ1) is 21.2. The smallest absolute Gasteiger partial charge is 0.251 e. The molecule has 3 aromatic rings. The molecular formula is C25H27NO4. The van der Waals surface area contributed by atoms with E-state index in [9.17, 15) is 4.79 Å². The molecule has 0 aliphatic rings. The van der Waals surface area contributed by atoms with Crippen molar-refractivity contribution in [1.82, 2.24) is 5.32 Å². The number of benzene rings is 3. The molecule has 1 N–H and O–H groups in total. The number of amides is 1. The molecule has 0 unspecified atom stereocenters. The second-order valence-corrected chi connectivity index (χ2v) is 7.01. The highest BCUT2D eigenvalue weighted by Crippen LogP contribution is 2.39. The third-order valence-electron chi connectivity index (χ3n) is 4.89. The summed E-state index contributed by atoms with van der Waals surface area (Å²) in [6.45, 7) is 2.98. The summed E-state index contributed by atoms with van der Waals surface area (Å²) in [7, 11) is 3.09. The summed E-state index contributed by atoms with van der Waals surface area (Å²) in [6, 6.07) is 23.3. The van der Waals surface area contributed by atoms with E-state index in [-0.39, 0.29) is 11.8 Å². The van der Waals surface area contributed by atoms with Crippen molar-refractivity contribution in [3.8, 4) is 17.2 Å². The van der Waals surface area contributed by atoms with Crippen LogP contribution in [0.3, 0.4) is 0 Å². The van der Waals surface area contributed by atoms with Crippen molar-refractivity contribution in [2.24, 2.45) is 0 Å². The molecule has 0 radical (unpaired) electrons. The van der Waals surface area contributed by atoms with Crippen molar-refractivity contribution < 1.29 is 19.0 Å². The normalized spacial score (nSPS) is 11.4. The lowest BCUT2D eigenvalue weighted by Crippen LogP contribution is -2.27. The van der Waals surface area contributed by atoms with Crippen LogP contribution in [0.4, 0.5) is 0 Å². The predicted molar refractivity (Wildman–Crippen MR) is 118 cm³/mol. The van der Waals surface area contributed by atoms with Gasteiger partial charge in [-0.1, -0.05) is 67.6 Å². The van der Waals surface area contributed by atoms with Crippen LogP contribution in [0.5, 0.6) is 17.2 Å². The molecule has 5 heteroatoms. The van der Waals surface area contributed by atoms with E-state index in [2.05, 4.69) is 24.4 Å². The van der Waals surface area contributed by atoms with Gasteiger partial charge in [-0.3, -0.25) is 4.79 Å². The van der Waals surface area contributed by atoms with E-state index < -0.39 is 0 Å². The minimum absolute atomic E-state index is 0.191. The van der Waals surface area contributed by atoms with Crippen LogP contribution < -0.4 is 19.5 Å². The number of hydrogen-bond donors (Lipinski definition) is 1. The minimum atomic E-state index is -0.191. The maximum atomic E-state index is 12.7. The lowest BCUT2D eigenvalue weighted by Gasteiger charge is -2.17. The van der Waals surface area contributed by atoms with Crippen LogP contribution in [0.15, 0.2) is 72.8 Å². The van der Waals surface area contributed by atoms with Crippen LogP contribution in [0.1, 0.15) is 34.3 Å². The Morgan fingerprint density at radius 1 is 0.900 bits per heavy atom. The molecule has 1 amide bonds. The van der Waals surface area contributed by atoms with Gasteiger partial charge < -0.3 is 19.5 Å². The third-order valence-corrected chi connectivity index (χ3v) is 4.89. The Kier molecular flexibility index (Phi) is 7.33. The van der Waals surface area contributed by atoms with E-state index in [0.29, 0.717) is 36.0 Å². The Morgan fingerprint density at radius 2 is 1.47 bits per heavy atom. The van der Waals surface area contributed by atoms with Crippen LogP contribution in [0, 0.1) is 0 Å². The molecular weight excluding hydrogens is 378 g/mol. The number of carbonyl (C=O) groups excluding carboxylic acids is 1. The van der Waals surface area contributed by atoms with Gasteiger partial charge in [-0.05, 0) is 29.2 Å². The molecule has 0 fully saturated rings. The topological polar surface area (TPSA) is 56.8 Å². The van der Waals surface area contributed by atoms with Gasteiger partial charge >= 0.3 is 0 Å². The quantitative estimate of drug-likeness (QED) is 0.555. The van der Waals surface area contributed by atoms with Crippen molar-refractivity contribution in [2.45, 2.75) is 19.4 Å². The standard InChI is InChI=1S/C25H27NO4/c1-18(20-12-8-5-9-13-20)16-26-25(27)21-14-22(28-2)24(23(15-21)29-3)30-17-19-10-6-4-7-11-19/h4-15,18H,16-17H2,1-3H3,(H,26,27)/t18-/m0/s1. The van der Waals surface area contributed by atoms with Gasteiger partial charge in [0.15, 0.2) is 11.5 Å². The van der Waals surface area contributed by atoms with Crippen LogP contribution in [0.25, 0.3) is 0 Å². The van der Waals surface area contributed by atoms with E-state index in [1.54, 1.807) is 26.4 Å². The highest BCUT2D eigenvalue weighted by molar-refractivity contribution is 5.95. The maximum Gasteiger partial charge on any atom is 0.251 e. The van der Waals surface area contributed by atoms with Crippen molar-refractivity contribution >= 4 is 5.91 Å². The van der Waals surface area contributed by atoms with Gasteiger partial charge in [-0.25, -0.2) is 0 Å². The molecule has 3 rings (SSSR count). The second-order valence-electron chi connectivity index (χ2n) is 7.01. The fourth-order valence-electron chi connectivity index (χ4n) is 3.13. The summed E-state index contributed by atoms with van der Waals surface area (Å²) in [5.41, 5.74) is 2.66. The van der Waals surface area contributed by atoms with Crippen LogP contribution in [0.2, 0.25) is 0 Å². The maximum absolute atomic E-state index is 12.7. The zero-order valence-electron chi connectivity index (χ0n) is 17.6. The number of rotatable bonds is 9. The van der Waals surface area contributed by atoms with Crippen molar-refractivity contribution in [3.63, 3.8) is 0 Å². The summed E-state index contributed by atoms with van der Waals surface area (Å²) < 4.78 is 16.9. The van der Waals surface area contributed by atoms with Gasteiger partial charge in [0, 0.05) is 12.1 Å². The highest BCUT2D eigenvalue weighted by Gasteiger charge is 2.18. The van der Waals surface area contributed by atoms with E-state index in [1.165, 1.54) is 5.56 Å². The number of methoxy groups -OCH3 is 2. The minimum Gasteiger partial charge on any atom is -0.493 e. The number of nitrogens with one attached hydrogen (secondary N) is 1. The molecule has 5 nitrogen and oxygen atoms in total. The van der Waals surface area contributed by atoms with Crippen molar-refractivity contribution in [2.75, 3.05) is 20.8 Å². The molecule has 156 valence electrons. The molecule has 0 saturated carbocycles. The fraction of sp³-hybridized carbons (Fsp3) is 0.240. The zero-order chi connectivity index (χ0) is 21.3. The molecule has 0 aliphatic carbocycles. The van der Waals surface area contributed by atoms with Crippen LogP contribution >= 0.6 is 0 Å². The summed E-state index contributed by atoms with van der Waals surface area (Å²) in [6.07, 6.45) is 0. The third kappa shape index (κ3) is 5.32. The molecule has 0 aliphatic heterocycles. The van der Waals surface area contributed by atoms with E-state index in [0.717, 1.165) is 5.56 Å². The fourth-order valence-corrected chi connectivity index (χ4v) is 3.13. The molecule has 0 aromatic heterocycles. The molecule has 0 saturated heterocycles. The van der Waals surface area contributed by atoms with Crippen LogP contribution in [-0.2, 0) is 6.61 Å². The second kappa shape index (κ2) is 10.3. The first-order chi connectivity index (χ1) is 14.6. The predicted octanol–water partition coefficient (Wildman–Crippen LogP) is 4.82. The van der Waals surface area contributed by atoms with Crippen molar-refractivity contribution in [3.05, 3.63) is 89.5 Å². The summed E-state index contributed by atoms with van der Waals surface area (Å²) in [5.74, 6) is 1.38. The monoisotopic (exact) mass is 405 g/mol. The summed E-state index contributed by atoms with van der Waals surface area (Å²) >= 11 is 0. The van der Waals surface area contributed by atoms with Crippen LogP contribution in [-0.4, -0.2) is 26.7 Å². The zero-order valence-corrected chi connectivity index (χ0v) is 17.6. The lowest BCUT2D eigenvalue weighted by molar-refractivity contribution is 0.0950. The van der Waals surface area contributed by atoms with Gasteiger partial charge in [0.1, 0.15) is 6.61 Å². The molecule has 0 heterocycles. The van der Waals surface area contributed by atoms with E-state index in [1.807, 2.05) is 48.5 Å². The Morgan fingerprint density at radius 3 is 2.03 bits per heavy atom. The van der Waals surface area contributed by atoms with Gasteiger partial charge in [0.25, 0.3) is 5.91 Å². The number of ether oxygens (including phenoxy) is 3. The van der Waals surface area contributed by atoms with Gasteiger partial charge in [0.2, 0.25) is 5.75 Å². The molecule has 0 spiro atoms. The lowest BCUT2D eigenvalue weighted by atomic mass is 10.0.